The Morgan fingerprint density at radius 2 is 2.00 bits per heavy atom. The quantitative estimate of drug-likeness (QED) is 0.653. The predicted molar refractivity (Wildman–Crippen MR) is 103 cm³/mol. The van der Waals surface area contributed by atoms with Crippen LogP contribution in [-0.4, -0.2) is 56.2 Å². The van der Waals surface area contributed by atoms with Crippen LogP contribution in [0.1, 0.15) is 41.2 Å². The Morgan fingerprint density at radius 1 is 1.21 bits per heavy atom. The van der Waals surface area contributed by atoms with Gasteiger partial charge in [-0.1, -0.05) is 5.21 Å². The number of fused-ring (bicyclic) bond motifs is 1. The first-order valence-electron chi connectivity index (χ1n) is 9.55. The molecule has 2 aromatic rings. The number of nitrogens with zero attached hydrogens (tertiary/aromatic N) is 3. The molecule has 1 aromatic heterocycles. The van der Waals surface area contributed by atoms with Crippen LogP contribution in [0, 0.1) is 5.92 Å². The number of rotatable bonds is 5. The van der Waals surface area contributed by atoms with Gasteiger partial charge in [-0.2, -0.15) is 0 Å². The summed E-state index contributed by atoms with van der Waals surface area (Å²) in [4.78, 5) is 12.6. The minimum atomic E-state index is -1.03. The summed E-state index contributed by atoms with van der Waals surface area (Å²) >= 11 is 0. The van der Waals surface area contributed by atoms with Crippen molar-refractivity contribution in [3.63, 3.8) is 0 Å². The summed E-state index contributed by atoms with van der Waals surface area (Å²) in [6.45, 7) is 0.592. The Bertz CT molecular complexity index is 902. The number of halogens is 1. The van der Waals surface area contributed by atoms with E-state index in [1.54, 1.807) is 22.9 Å². The number of hydrogen-bond donors (Lipinski definition) is 3. The van der Waals surface area contributed by atoms with Gasteiger partial charge in [0.15, 0.2) is 11.5 Å². The van der Waals surface area contributed by atoms with Crippen molar-refractivity contribution in [3.8, 4) is 11.5 Å². The number of carbonyl (C=O) groups is 1. The number of aliphatic hydroxyl groups excluding tert-OH is 2. The second kappa shape index (κ2) is 7.81. The molecule has 2 aliphatic carbocycles. The lowest BCUT2D eigenvalue weighted by Gasteiger charge is -2.18. The second-order valence-electron chi connectivity index (χ2n) is 7.76. The maximum Gasteiger partial charge on any atom is 0.251 e. The fourth-order valence-corrected chi connectivity index (χ4v) is 3.95. The molecule has 3 aliphatic rings. The third-order valence-corrected chi connectivity index (χ3v) is 5.73. The van der Waals surface area contributed by atoms with Gasteiger partial charge in [0.1, 0.15) is 6.10 Å². The van der Waals surface area contributed by atoms with Crippen molar-refractivity contribution in [1.82, 2.24) is 20.3 Å². The van der Waals surface area contributed by atoms with E-state index in [1.807, 2.05) is 6.20 Å². The highest BCUT2D eigenvalue weighted by molar-refractivity contribution is 5.95. The van der Waals surface area contributed by atoms with Crippen molar-refractivity contribution in [2.75, 3.05) is 6.79 Å². The van der Waals surface area contributed by atoms with Crippen LogP contribution in [0.4, 0.5) is 0 Å². The van der Waals surface area contributed by atoms with E-state index in [0.29, 0.717) is 35.9 Å². The van der Waals surface area contributed by atoms with E-state index in [2.05, 4.69) is 15.6 Å². The highest BCUT2D eigenvalue weighted by Gasteiger charge is 2.42. The van der Waals surface area contributed by atoms with Crippen LogP contribution in [0.3, 0.4) is 0 Å². The molecule has 1 aliphatic heterocycles. The first-order chi connectivity index (χ1) is 13.6. The first kappa shape index (κ1) is 19.9. The topological polar surface area (TPSA) is 119 Å². The Morgan fingerprint density at radius 3 is 2.79 bits per heavy atom. The highest BCUT2D eigenvalue weighted by atomic mass is 35.5. The Kier molecular flexibility index (Phi) is 5.37. The number of hydrogen-bond acceptors (Lipinski definition) is 7. The predicted octanol–water partition coefficient (Wildman–Crippen LogP) is 0.846. The van der Waals surface area contributed by atoms with Crippen LogP contribution in [0.25, 0.3) is 0 Å². The first-order valence-corrected chi connectivity index (χ1v) is 9.55. The number of amides is 1. The van der Waals surface area contributed by atoms with Crippen LogP contribution in [0.5, 0.6) is 11.5 Å². The van der Waals surface area contributed by atoms with Gasteiger partial charge >= 0.3 is 0 Å². The molecule has 2 heterocycles. The fraction of sp³-hybridized carbons (Fsp3) is 0.526. The summed E-state index contributed by atoms with van der Waals surface area (Å²) in [6, 6.07) is 4.40. The lowest BCUT2D eigenvalue weighted by molar-refractivity contribution is 0.00761. The van der Waals surface area contributed by atoms with E-state index < -0.39 is 18.2 Å². The molecule has 5 rings (SSSR count). The summed E-state index contributed by atoms with van der Waals surface area (Å²) in [5.41, 5.74) is 1.40. The molecule has 156 valence electrons. The van der Waals surface area contributed by atoms with E-state index in [0.717, 1.165) is 18.5 Å². The normalized spacial score (nSPS) is 27.5. The van der Waals surface area contributed by atoms with Crippen LogP contribution in [0.2, 0.25) is 0 Å². The van der Waals surface area contributed by atoms with Crippen molar-refractivity contribution in [2.45, 2.75) is 50.0 Å². The van der Waals surface area contributed by atoms with E-state index in [4.69, 9.17) is 9.47 Å². The van der Waals surface area contributed by atoms with Crippen LogP contribution in [0.15, 0.2) is 24.4 Å². The molecule has 0 bridgehead atoms. The van der Waals surface area contributed by atoms with E-state index in [-0.39, 0.29) is 31.0 Å². The summed E-state index contributed by atoms with van der Waals surface area (Å²) in [5.74, 6) is 1.10. The van der Waals surface area contributed by atoms with Crippen molar-refractivity contribution < 1.29 is 24.5 Å². The van der Waals surface area contributed by atoms with Gasteiger partial charge < -0.3 is 25.0 Å². The largest absolute Gasteiger partial charge is 0.454 e. The van der Waals surface area contributed by atoms with Crippen molar-refractivity contribution >= 4 is 18.3 Å². The molecule has 4 atom stereocenters. The maximum absolute atomic E-state index is 12.6. The summed E-state index contributed by atoms with van der Waals surface area (Å²) in [6.07, 6.45) is 2.70. The average Bonchev–Trinajstić information content (AvgIpc) is 3.16. The van der Waals surface area contributed by atoms with Crippen molar-refractivity contribution in [1.29, 1.82) is 0 Å². The highest BCUT2D eigenvalue weighted by Crippen LogP contribution is 2.39. The maximum atomic E-state index is 12.6. The van der Waals surface area contributed by atoms with Gasteiger partial charge in [0.25, 0.3) is 5.91 Å². The molecular weight excluding hydrogens is 400 g/mol. The summed E-state index contributed by atoms with van der Waals surface area (Å²) < 4.78 is 12.3. The van der Waals surface area contributed by atoms with Gasteiger partial charge in [0, 0.05) is 30.1 Å². The van der Waals surface area contributed by atoms with E-state index >= 15 is 0 Å². The van der Waals surface area contributed by atoms with Gasteiger partial charge in [-0.3, -0.25) is 9.48 Å². The van der Waals surface area contributed by atoms with Crippen LogP contribution < -0.4 is 14.8 Å². The molecule has 1 amide bonds. The van der Waals surface area contributed by atoms with Gasteiger partial charge in [-0.25, -0.2) is 0 Å². The van der Waals surface area contributed by atoms with Crippen molar-refractivity contribution in [3.05, 3.63) is 35.7 Å². The number of nitrogens with one attached hydrogen (secondary N) is 1. The summed E-state index contributed by atoms with van der Waals surface area (Å²) in [5, 5.41) is 32.0. The Labute approximate surface area is 173 Å². The zero-order valence-electron chi connectivity index (χ0n) is 15.6. The van der Waals surface area contributed by atoms with Gasteiger partial charge in [0.05, 0.1) is 17.8 Å². The average molecular weight is 423 g/mol. The third-order valence-electron chi connectivity index (χ3n) is 5.73. The Balaban J connectivity index is 0.00000205. The molecule has 2 saturated carbocycles. The lowest BCUT2D eigenvalue weighted by atomic mass is 10.1. The molecule has 10 heteroatoms. The van der Waals surface area contributed by atoms with Gasteiger partial charge in [-0.15, -0.1) is 17.5 Å². The molecule has 0 unspecified atom stereocenters. The standard InChI is InChI=1S/C19H22N4O5.ClH/c24-17-12(7-23-8-14(21-22-23)10-1-2-10)5-13(18(17)25)20-19(26)11-3-4-15-16(6-11)28-9-27-15;/h3-4,6,8,10,12-13,17-18,24-25H,1-2,5,7,9H2,(H,20,26);1H/t12-,13-,17-,18+;/m1./s1. The molecule has 2 fully saturated rings. The second-order valence-corrected chi connectivity index (χ2v) is 7.76. The van der Waals surface area contributed by atoms with E-state index in [9.17, 15) is 15.0 Å². The molecule has 9 nitrogen and oxygen atoms in total. The minimum Gasteiger partial charge on any atom is -0.454 e. The smallest absolute Gasteiger partial charge is 0.251 e. The SMILES string of the molecule is Cl.O=C(N[C@@H]1C[C@H](Cn2cc(C3CC3)nn2)[C@@H](O)[C@H]1O)c1ccc2c(c1)OCO2. The number of benzene rings is 1. The molecule has 1 aromatic carbocycles. The van der Waals surface area contributed by atoms with Gasteiger partial charge in [0.2, 0.25) is 6.79 Å². The van der Waals surface area contributed by atoms with Crippen LogP contribution >= 0.6 is 12.4 Å². The Hall–Kier alpha value is -2.36. The molecule has 0 saturated heterocycles. The third kappa shape index (κ3) is 3.90. The zero-order chi connectivity index (χ0) is 19.3. The number of aliphatic hydroxyl groups is 2. The minimum absolute atomic E-state index is 0. The number of ether oxygens (including phenoxy) is 2. The zero-order valence-corrected chi connectivity index (χ0v) is 16.4. The van der Waals surface area contributed by atoms with Crippen molar-refractivity contribution in [2.24, 2.45) is 5.92 Å². The lowest BCUT2D eigenvalue weighted by Crippen LogP contribution is -2.43. The fourth-order valence-electron chi connectivity index (χ4n) is 3.95. The molecule has 29 heavy (non-hydrogen) atoms. The molecule has 0 spiro atoms. The molecule has 3 N–H and O–H groups in total. The molecule has 0 radical (unpaired) electrons. The number of aromatic nitrogens is 3. The van der Waals surface area contributed by atoms with Gasteiger partial charge in [-0.05, 0) is 37.5 Å². The number of carbonyl (C=O) groups excluding carboxylic acids is 1. The monoisotopic (exact) mass is 422 g/mol. The van der Waals surface area contributed by atoms with Crippen LogP contribution in [-0.2, 0) is 6.54 Å². The molecular formula is C19H23ClN4O5. The summed E-state index contributed by atoms with van der Waals surface area (Å²) in [7, 11) is 0. The van der Waals surface area contributed by atoms with E-state index in [1.165, 1.54) is 0 Å².